The molecule has 0 bridgehead atoms. The lowest BCUT2D eigenvalue weighted by atomic mass is 9.98. The fraction of sp³-hybridized carbons (Fsp3) is 0.375. The third kappa shape index (κ3) is 0.766. The minimum Gasteiger partial charge on any atom is -0.491 e. The summed E-state index contributed by atoms with van der Waals surface area (Å²) in [5, 5.41) is 0. The molecule has 0 amide bonds. The molecule has 0 spiro atoms. The fourth-order valence-electron chi connectivity index (χ4n) is 1.27. The summed E-state index contributed by atoms with van der Waals surface area (Å²) in [5.74, 6) is 1.81. The molecule has 1 saturated heterocycles. The largest absolute Gasteiger partial charge is 0.491 e. The Morgan fingerprint density at radius 2 is 2.44 bits per heavy atom. The third-order valence-electron chi connectivity index (χ3n) is 1.82. The molecular formula is C8H9O. The Labute approximate surface area is 55.0 Å². The van der Waals surface area contributed by atoms with Crippen molar-refractivity contribution in [1.82, 2.24) is 0 Å². The Hall–Kier alpha value is -0.720. The van der Waals surface area contributed by atoms with Gasteiger partial charge in [-0.05, 0) is 18.9 Å². The van der Waals surface area contributed by atoms with Gasteiger partial charge in [-0.25, -0.2) is 0 Å². The lowest BCUT2D eigenvalue weighted by molar-refractivity contribution is 0.318. The summed E-state index contributed by atoms with van der Waals surface area (Å²) < 4.78 is 5.24. The Bertz CT molecular complexity index is 167. The van der Waals surface area contributed by atoms with Crippen LogP contribution < -0.4 is 0 Å². The van der Waals surface area contributed by atoms with Crippen molar-refractivity contribution in [3.63, 3.8) is 0 Å². The molecule has 0 aromatic heterocycles. The molecular weight excluding hydrogens is 112 g/mol. The van der Waals surface area contributed by atoms with E-state index in [2.05, 4.69) is 18.2 Å². The van der Waals surface area contributed by atoms with Gasteiger partial charge in [-0.2, -0.15) is 0 Å². The van der Waals surface area contributed by atoms with Crippen molar-refractivity contribution in [3.8, 4) is 0 Å². The maximum Gasteiger partial charge on any atom is 0.136 e. The predicted octanol–water partition coefficient (Wildman–Crippen LogP) is 2.03. The van der Waals surface area contributed by atoms with E-state index in [1.807, 2.05) is 6.61 Å². The molecule has 2 rings (SSSR count). The van der Waals surface area contributed by atoms with E-state index in [9.17, 15) is 0 Å². The van der Waals surface area contributed by atoms with Gasteiger partial charge in [0, 0.05) is 5.92 Å². The zero-order valence-corrected chi connectivity index (χ0v) is 5.21. The van der Waals surface area contributed by atoms with E-state index < -0.39 is 0 Å². The van der Waals surface area contributed by atoms with Crippen LogP contribution in [0.4, 0.5) is 0 Å². The van der Waals surface area contributed by atoms with Crippen LogP contribution in [-0.2, 0) is 4.74 Å². The van der Waals surface area contributed by atoms with Gasteiger partial charge in [0.2, 0.25) is 0 Å². The number of rotatable bonds is 0. The molecule has 1 radical (unpaired) electrons. The zero-order valence-electron chi connectivity index (χ0n) is 5.21. The summed E-state index contributed by atoms with van der Waals surface area (Å²) in [4.78, 5) is 0. The summed E-state index contributed by atoms with van der Waals surface area (Å²) in [6.07, 6.45) is 8.55. The van der Waals surface area contributed by atoms with Crippen LogP contribution in [0.2, 0.25) is 0 Å². The Kier molecular flexibility index (Phi) is 1.08. The number of hydrogen-bond acceptors (Lipinski definition) is 1. The molecule has 1 heterocycles. The van der Waals surface area contributed by atoms with E-state index in [1.54, 1.807) is 0 Å². The third-order valence-corrected chi connectivity index (χ3v) is 1.82. The molecule has 1 aliphatic carbocycles. The van der Waals surface area contributed by atoms with Gasteiger partial charge in [0.25, 0.3) is 0 Å². The highest BCUT2D eigenvalue weighted by molar-refractivity contribution is 5.19. The molecule has 1 nitrogen and oxygen atoms in total. The van der Waals surface area contributed by atoms with E-state index in [0.717, 1.165) is 18.6 Å². The first-order valence-electron chi connectivity index (χ1n) is 3.32. The van der Waals surface area contributed by atoms with Crippen molar-refractivity contribution in [2.75, 3.05) is 0 Å². The lowest BCUT2D eigenvalue weighted by Crippen LogP contribution is -1.97. The molecule has 1 aliphatic heterocycles. The van der Waals surface area contributed by atoms with E-state index >= 15 is 0 Å². The maximum atomic E-state index is 5.24. The average Bonchev–Trinajstić information content (AvgIpc) is 2.33. The maximum absolute atomic E-state index is 5.24. The highest BCUT2D eigenvalue weighted by atomic mass is 16.5. The summed E-state index contributed by atoms with van der Waals surface area (Å²) >= 11 is 0. The van der Waals surface area contributed by atoms with Crippen molar-refractivity contribution in [2.45, 2.75) is 12.8 Å². The van der Waals surface area contributed by atoms with Crippen LogP contribution in [0.15, 0.2) is 24.0 Å². The van der Waals surface area contributed by atoms with E-state index in [0.29, 0.717) is 5.92 Å². The Balaban J connectivity index is 2.23. The number of allylic oxidation sites excluding steroid dienone is 4. The molecule has 2 aliphatic rings. The van der Waals surface area contributed by atoms with Crippen LogP contribution in [0.1, 0.15) is 12.8 Å². The van der Waals surface area contributed by atoms with Gasteiger partial charge in [0.1, 0.15) is 12.4 Å². The number of fused-ring (bicyclic) bond motifs is 1. The quantitative estimate of drug-likeness (QED) is 0.476. The van der Waals surface area contributed by atoms with E-state index in [4.69, 9.17) is 4.74 Å². The molecule has 1 fully saturated rings. The highest BCUT2D eigenvalue weighted by Gasteiger charge is 2.22. The molecule has 0 N–H and O–H groups in total. The summed E-state index contributed by atoms with van der Waals surface area (Å²) in [5.41, 5.74) is 0. The second kappa shape index (κ2) is 1.90. The minimum absolute atomic E-state index is 0.662. The minimum atomic E-state index is 0.662. The van der Waals surface area contributed by atoms with Gasteiger partial charge >= 0.3 is 0 Å². The second-order valence-electron chi connectivity index (χ2n) is 2.45. The van der Waals surface area contributed by atoms with E-state index in [-0.39, 0.29) is 0 Å². The second-order valence-corrected chi connectivity index (χ2v) is 2.45. The average molecular weight is 121 g/mol. The first-order chi connectivity index (χ1) is 4.47. The monoisotopic (exact) mass is 121 g/mol. The molecule has 0 aromatic rings. The number of ether oxygens (including phenoxy) is 1. The highest BCUT2D eigenvalue weighted by Crippen LogP contribution is 2.32. The molecule has 0 saturated carbocycles. The van der Waals surface area contributed by atoms with Crippen molar-refractivity contribution in [1.29, 1.82) is 0 Å². The van der Waals surface area contributed by atoms with Crippen molar-refractivity contribution < 1.29 is 4.74 Å². The van der Waals surface area contributed by atoms with Crippen LogP contribution >= 0.6 is 0 Å². The SMILES string of the molecule is [CH]1CC2CC=CC=C2O1. The Morgan fingerprint density at radius 1 is 1.44 bits per heavy atom. The summed E-state index contributed by atoms with van der Waals surface area (Å²) in [6, 6.07) is 0. The van der Waals surface area contributed by atoms with Crippen LogP contribution in [0, 0.1) is 12.5 Å². The van der Waals surface area contributed by atoms with Crippen molar-refractivity contribution in [2.24, 2.45) is 5.92 Å². The van der Waals surface area contributed by atoms with Crippen LogP contribution in [0.5, 0.6) is 0 Å². The van der Waals surface area contributed by atoms with Crippen LogP contribution in [-0.4, -0.2) is 0 Å². The summed E-state index contributed by atoms with van der Waals surface area (Å²) in [6.45, 7) is 1.89. The van der Waals surface area contributed by atoms with Crippen LogP contribution in [0.3, 0.4) is 0 Å². The zero-order chi connectivity index (χ0) is 6.10. The predicted molar refractivity (Wildman–Crippen MR) is 35.3 cm³/mol. The Morgan fingerprint density at radius 3 is 3.33 bits per heavy atom. The molecule has 47 valence electrons. The van der Waals surface area contributed by atoms with Crippen molar-refractivity contribution in [3.05, 3.63) is 30.6 Å². The molecule has 1 atom stereocenters. The molecule has 9 heavy (non-hydrogen) atoms. The van der Waals surface area contributed by atoms with Crippen LogP contribution in [0.25, 0.3) is 0 Å². The van der Waals surface area contributed by atoms with Gasteiger partial charge in [-0.15, -0.1) is 0 Å². The fourth-order valence-corrected chi connectivity index (χ4v) is 1.27. The summed E-state index contributed by atoms with van der Waals surface area (Å²) in [7, 11) is 0. The van der Waals surface area contributed by atoms with Gasteiger partial charge in [-0.3, -0.25) is 0 Å². The van der Waals surface area contributed by atoms with Gasteiger partial charge < -0.3 is 4.74 Å². The van der Waals surface area contributed by atoms with E-state index in [1.165, 1.54) is 0 Å². The normalized spacial score (nSPS) is 31.1. The smallest absolute Gasteiger partial charge is 0.136 e. The van der Waals surface area contributed by atoms with Crippen molar-refractivity contribution >= 4 is 0 Å². The molecule has 1 unspecified atom stereocenters. The van der Waals surface area contributed by atoms with Gasteiger partial charge in [-0.1, -0.05) is 12.2 Å². The first-order valence-corrected chi connectivity index (χ1v) is 3.32. The number of hydrogen-bond donors (Lipinski definition) is 0. The van der Waals surface area contributed by atoms with Gasteiger partial charge in [0.05, 0.1) is 0 Å². The molecule has 0 aromatic carbocycles. The standard InChI is InChI=1S/C8H9O/c1-2-4-8-7(3-1)5-6-9-8/h1-2,4,6-7H,3,5H2. The van der Waals surface area contributed by atoms with Gasteiger partial charge in [0.15, 0.2) is 0 Å². The lowest BCUT2D eigenvalue weighted by Gasteiger charge is -2.08. The topological polar surface area (TPSA) is 9.23 Å². The first kappa shape index (κ1) is 5.10. The molecule has 1 heteroatoms.